The van der Waals surface area contributed by atoms with Crippen molar-refractivity contribution >= 4 is 5.96 Å². The van der Waals surface area contributed by atoms with Gasteiger partial charge in [0, 0.05) is 30.6 Å². The Labute approximate surface area is 184 Å². The Hall–Kier alpha value is -3.09. The van der Waals surface area contributed by atoms with Crippen LogP contribution in [0.2, 0.25) is 0 Å². The van der Waals surface area contributed by atoms with Crippen LogP contribution in [0, 0.1) is 0 Å². The Balaban J connectivity index is 1.64. The van der Waals surface area contributed by atoms with Gasteiger partial charge in [-0.3, -0.25) is 0 Å². The number of guanidine groups is 1. The lowest BCUT2D eigenvalue weighted by Crippen LogP contribution is -2.38. The molecule has 7 heteroatoms. The second-order valence-corrected chi connectivity index (χ2v) is 7.47. The second kappa shape index (κ2) is 10.8. The summed E-state index contributed by atoms with van der Waals surface area (Å²) in [5.74, 6) is 4.02. The van der Waals surface area contributed by atoms with E-state index in [9.17, 15) is 0 Å². The van der Waals surface area contributed by atoms with E-state index in [-0.39, 0.29) is 6.10 Å². The molecule has 31 heavy (non-hydrogen) atoms. The number of methoxy groups -OCH3 is 3. The van der Waals surface area contributed by atoms with E-state index < -0.39 is 0 Å². The van der Waals surface area contributed by atoms with Gasteiger partial charge in [0.1, 0.15) is 17.6 Å². The third kappa shape index (κ3) is 5.75. The predicted octanol–water partition coefficient (Wildman–Crippen LogP) is 3.33. The lowest BCUT2D eigenvalue weighted by Gasteiger charge is -2.14. The van der Waals surface area contributed by atoms with Gasteiger partial charge < -0.3 is 29.6 Å². The van der Waals surface area contributed by atoms with Gasteiger partial charge in [-0.25, -0.2) is 4.99 Å². The fourth-order valence-electron chi connectivity index (χ4n) is 3.66. The van der Waals surface area contributed by atoms with Gasteiger partial charge in [0.25, 0.3) is 0 Å². The SMILES string of the molecule is CCNC(=NCc1cc2c(cc1OC)CC(C)O2)NCCc1ccc(OC)c(OC)c1. The maximum absolute atomic E-state index is 5.90. The van der Waals surface area contributed by atoms with Gasteiger partial charge in [0.05, 0.1) is 27.9 Å². The quantitative estimate of drug-likeness (QED) is 0.472. The van der Waals surface area contributed by atoms with E-state index in [1.807, 2.05) is 24.3 Å². The van der Waals surface area contributed by atoms with Gasteiger partial charge in [-0.2, -0.15) is 0 Å². The topological polar surface area (TPSA) is 73.3 Å². The third-order valence-corrected chi connectivity index (χ3v) is 5.20. The molecule has 0 bridgehead atoms. The first kappa shape index (κ1) is 22.6. The summed E-state index contributed by atoms with van der Waals surface area (Å²) in [6, 6.07) is 10.1. The summed E-state index contributed by atoms with van der Waals surface area (Å²) in [7, 11) is 4.98. The van der Waals surface area contributed by atoms with Crippen LogP contribution in [0.5, 0.6) is 23.0 Å². The lowest BCUT2D eigenvalue weighted by molar-refractivity contribution is 0.254. The van der Waals surface area contributed by atoms with E-state index in [1.165, 1.54) is 5.56 Å². The molecule has 3 rings (SSSR count). The van der Waals surface area contributed by atoms with Crippen LogP contribution in [0.4, 0.5) is 0 Å². The van der Waals surface area contributed by atoms with Crippen LogP contribution < -0.4 is 29.6 Å². The Morgan fingerprint density at radius 1 is 1.03 bits per heavy atom. The van der Waals surface area contributed by atoms with Gasteiger partial charge in [0.2, 0.25) is 0 Å². The average Bonchev–Trinajstić information content (AvgIpc) is 3.15. The lowest BCUT2D eigenvalue weighted by atomic mass is 10.1. The number of hydrogen-bond acceptors (Lipinski definition) is 5. The second-order valence-electron chi connectivity index (χ2n) is 7.47. The molecule has 2 aromatic carbocycles. The van der Waals surface area contributed by atoms with Crippen LogP contribution in [-0.2, 0) is 19.4 Å². The summed E-state index contributed by atoms with van der Waals surface area (Å²) < 4.78 is 22.2. The molecular weight excluding hydrogens is 394 g/mol. The molecule has 1 heterocycles. The van der Waals surface area contributed by atoms with Crippen LogP contribution in [0.3, 0.4) is 0 Å². The van der Waals surface area contributed by atoms with Gasteiger partial charge >= 0.3 is 0 Å². The first-order valence-corrected chi connectivity index (χ1v) is 10.7. The van der Waals surface area contributed by atoms with Crippen molar-refractivity contribution in [2.24, 2.45) is 4.99 Å². The fraction of sp³-hybridized carbons (Fsp3) is 0.458. The Morgan fingerprint density at radius 3 is 2.52 bits per heavy atom. The maximum Gasteiger partial charge on any atom is 0.191 e. The minimum absolute atomic E-state index is 0.203. The number of rotatable bonds is 9. The van der Waals surface area contributed by atoms with E-state index in [0.717, 1.165) is 66.0 Å². The molecule has 1 aliphatic rings. The van der Waals surface area contributed by atoms with Crippen LogP contribution >= 0.6 is 0 Å². The van der Waals surface area contributed by atoms with Gasteiger partial charge in [0.15, 0.2) is 17.5 Å². The number of hydrogen-bond donors (Lipinski definition) is 2. The molecule has 7 nitrogen and oxygen atoms in total. The van der Waals surface area contributed by atoms with Crippen LogP contribution in [0.25, 0.3) is 0 Å². The fourth-order valence-corrected chi connectivity index (χ4v) is 3.66. The standard InChI is InChI=1S/C24H33N3O4/c1-6-25-24(26-10-9-17-7-8-20(28-3)23(12-17)30-5)27-15-19-14-22-18(11-16(2)31-22)13-21(19)29-4/h7-8,12-14,16H,6,9-11,15H2,1-5H3,(H2,25,26,27). The number of aliphatic imine (C=N–C) groups is 1. The Bertz CT molecular complexity index is 914. The molecule has 0 saturated heterocycles. The molecule has 0 radical (unpaired) electrons. The van der Waals surface area contributed by atoms with Crippen molar-refractivity contribution in [3.05, 3.63) is 47.0 Å². The zero-order valence-electron chi connectivity index (χ0n) is 19.1. The summed E-state index contributed by atoms with van der Waals surface area (Å²) in [6.45, 7) is 6.15. The minimum atomic E-state index is 0.203. The number of ether oxygens (including phenoxy) is 4. The van der Waals surface area contributed by atoms with Gasteiger partial charge in [-0.1, -0.05) is 6.07 Å². The van der Waals surface area contributed by atoms with E-state index in [2.05, 4.69) is 30.5 Å². The number of nitrogens with one attached hydrogen (secondary N) is 2. The molecule has 2 N–H and O–H groups in total. The molecule has 0 saturated carbocycles. The molecule has 0 aromatic heterocycles. The third-order valence-electron chi connectivity index (χ3n) is 5.20. The molecule has 2 aromatic rings. The molecule has 168 valence electrons. The maximum atomic E-state index is 5.90. The number of nitrogens with zero attached hydrogens (tertiary/aromatic N) is 1. The normalized spacial score (nSPS) is 15.1. The van der Waals surface area contributed by atoms with E-state index in [1.54, 1.807) is 21.3 Å². The minimum Gasteiger partial charge on any atom is -0.496 e. The zero-order valence-corrected chi connectivity index (χ0v) is 19.1. The van der Waals surface area contributed by atoms with Crippen molar-refractivity contribution in [1.29, 1.82) is 0 Å². The predicted molar refractivity (Wildman–Crippen MR) is 123 cm³/mol. The van der Waals surface area contributed by atoms with E-state index in [4.69, 9.17) is 23.9 Å². The summed E-state index contributed by atoms with van der Waals surface area (Å²) >= 11 is 0. The Kier molecular flexibility index (Phi) is 7.87. The molecule has 1 unspecified atom stereocenters. The zero-order chi connectivity index (χ0) is 22.2. The smallest absolute Gasteiger partial charge is 0.191 e. The van der Waals surface area contributed by atoms with Crippen molar-refractivity contribution in [1.82, 2.24) is 10.6 Å². The molecule has 0 spiro atoms. The van der Waals surface area contributed by atoms with E-state index in [0.29, 0.717) is 6.54 Å². The van der Waals surface area contributed by atoms with Crippen molar-refractivity contribution in [2.45, 2.75) is 39.3 Å². The molecule has 1 aliphatic heterocycles. The molecule has 1 atom stereocenters. The highest BCUT2D eigenvalue weighted by Gasteiger charge is 2.21. The van der Waals surface area contributed by atoms with Crippen molar-refractivity contribution in [3.8, 4) is 23.0 Å². The summed E-state index contributed by atoms with van der Waals surface area (Å²) in [4.78, 5) is 4.74. The highest BCUT2D eigenvalue weighted by atomic mass is 16.5. The summed E-state index contributed by atoms with van der Waals surface area (Å²) in [6.07, 6.45) is 1.95. The monoisotopic (exact) mass is 427 g/mol. The Morgan fingerprint density at radius 2 is 1.81 bits per heavy atom. The largest absolute Gasteiger partial charge is 0.496 e. The molecule has 0 fully saturated rings. The molecule has 0 aliphatic carbocycles. The van der Waals surface area contributed by atoms with Crippen molar-refractivity contribution in [3.63, 3.8) is 0 Å². The highest BCUT2D eigenvalue weighted by molar-refractivity contribution is 5.79. The van der Waals surface area contributed by atoms with Gasteiger partial charge in [-0.05, 0) is 50.1 Å². The number of fused-ring (bicyclic) bond motifs is 1. The number of benzene rings is 2. The van der Waals surface area contributed by atoms with E-state index >= 15 is 0 Å². The first-order valence-electron chi connectivity index (χ1n) is 10.7. The summed E-state index contributed by atoms with van der Waals surface area (Å²) in [5.41, 5.74) is 3.36. The van der Waals surface area contributed by atoms with Crippen LogP contribution in [0.1, 0.15) is 30.5 Å². The van der Waals surface area contributed by atoms with Crippen molar-refractivity contribution in [2.75, 3.05) is 34.4 Å². The molecular formula is C24H33N3O4. The van der Waals surface area contributed by atoms with Gasteiger partial charge in [-0.15, -0.1) is 0 Å². The highest BCUT2D eigenvalue weighted by Crippen LogP contribution is 2.35. The van der Waals surface area contributed by atoms with Crippen LogP contribution in [0.15, 0.2) is 35.3 Å². The average molecular weight is 428 g/mol. The van der Waals surface area contributed by atoms with Crippen molar-refractivity contribution < 1.29 is 18.9 Å². The molecule has 0 amide bonds. The first-order chi connectivity index (χ1) is 15.1. The summed E-state index contributed by atoms with van der Waals surface area (Å²) in [5, 5.41) is 6.70. The van der Waals surface area contributed by atoms with Crippen LogP contribution in [-0.4, -0.2) is 46.5 Å².